The second kappa shape index (κ2) is 7.01. The van der Waals surface area contributed by atoms with Crippen LogP contribution in [0, 0.1) is 6.92 Å². The Hall–Kier alpha value is -3.13. The molecule has 1 amide bonds. The molecule has 0 aliphatic carbocycles. The molecule has 4 aromatic rings. The molecule has 0 fully saturated rings. The van der Waals surface area contributed by atoms with Crippen molar-refractivity contribution in [2.24, 2.45) is 0 Å². The largest absolute Gasteiger partial charge is 0.326 e. The van der Waals surface area contributed by atoms with Gasteiger partial charge in [-0.15, -0.1) is 16.4 Å². The molecule has 0 aliphatic rings. The molecule has 2 aromatic carbocycles. The maximum Gasteiger partial charge on any atom is 0.224 e. The fourth-order valence-electron chi connectivity index (χ4n) is 2.73. The highest BCUT2D eigenvalue weighted by Gasteiger charge is 2.09. The number of carbonyl (C=O) groups is 1. The summed E-state index contributed by atoms with van der Waals surface area (Å²) >= 11 is 1.64. The Kier molecular flexibility index (Phi) is 4.40. The number of carbonyl (C=O) groups excluding carboxylic acids is 1. The molecule has 2 aromatic heterocycles. The van der Waals surface area contributed by atoms with Crippen LogP contribution in [0.2, 0.25) is 0 Å². The fourth-order valence-corrected chi connectivity index (χ4v) is 3.70. The van der Waals surface area contributed by atoms with Crippen LogP contribution in [0.15, 0.2) is 48.8 Å². The van der Waals surface area contributed by atoms with Gasteiger partial charge >= 0.3 is 0 Å². The molecular formula is C18H16N6OS. The van der Waals surface area contributed by atoms with E-state index in [-0.39, 0.29) is 5.91 Å². The minimum Gasteiger partial charge on any atom is -0.326 e. The van der Waals surface area contributed by atoms with Crippen molar-refractivity contribution in [2.45, 2.75) is 19.8 Å². The van der Waals surface area contributed by atoms with Gasteiger partial charge in [-0.05, 0) is 53.2 Å². The molecular weight excluding hydrogens is 348 g/mol. The summed E-state index contributed by atoms with van der Waals surface area (Å²) in [6.07, 6.45) is 2.57. The van der Waals surface area contributed by atoms with Crippen LogP contribution < -0.4 is 5.32 Å². The van der Waals surface area contributed by atoms with Crippen molar-refractivity contribution in [3.05, 3.63) is 59.4 Å². The van der Waals surface area contributed by atoms with Gasteiger partial charge in [-0.2, -0.15) is 0 Å². The highest BCUT2D eigenvalue weighted by atomic mass is 32.1. The zero-order valence-corrected chi connectivity index (χ0v) is 14.9. The Morgan fingerprint density at radius 1 is 1.23 bits per heavy atom. The number of hydrogen-bond acceptors (Lipinski definition) is 6. The summed E-state index contributed by atoms with van der Waals surface area (Å²) in [7, 11) is 0. The zero-order chi connectivity index (χ0) is 17.9. The Bertz CT molecular complexity index is 1020. The lowest BCUT2D eigenvalue weighted by Crippen LogP contribution is -2.12. The number of thiazole rings is 1. The lowest BCUT2D eigenvalue weighted by atomic mass is 10.1. The third-order valence-corrected chi connectivity index (χ3v) is 5.08. The molecule has 0 aliphatic heterocycles. The Labute approximate surface area is 153 Å². The first kappa shape index (κ1) is 16.3. The number of anilines is 1. The maximum absolute atomic E-state index is 12.3. The molecule has 26 heavy (non-hydrogen) atoms. The molecule has 0 spiro atoms. The topological polar surface area (TPSA) is 85.6 Å². The average molecular weight is 364 g/mol. The van der Waals surface area contributed by atoms with E-state index >= 15 is 0 Å². The first-order valence-electron chi connectivity index (χ1n) is 8.17. The highest BCUT2D eigenvalue weighted by molar-refractivity contribution is 7.18. The first-order valence-corrected chi connectivity index (χ1v) is 8.99. The summed E-state index contributed by atoms with van der Waals surface area (Å²) in [5.41, 5.74) is 3.60. The van der Waals surface area contributed by atoms with Gasteiger partial charge in [-0.25, -0.2) is 9.67 Å². The van der Waals surface area contributed by atoms with Crippen LogP contribution in [0.3, 0.4) is 0 Å². The molecule has 0 saturated heterocycles. The minimum atomic E-state index is -0.0289. The van der Waals surface area contributed by atoms with Crippen molar-refractivity contribution in [2.75, 3.05) is 5.32 Å². The zero-order valence-electron chi connectivity index (χ0n) is 14.1. The predicted molar refractivity (Wildman–Crippen MR) is 100 cm³/mol. The van der Waals surface area contributed by atoms with Crippen molar-refractivity contribution >= 4 is 33.1 Å². The van der Waals surface area contributed by atoms with Crippen LogP contribution in [-0.2, 0) is 11.2 Å². The third-order valence-electron chi connectivity index (χ3n) is 3.98. The molecule has 4 rings (SSSR count). The number of aryl methyl sites for hydroxylation is 2. The van der Waals surface area contributed by atoms with Gasteiger partial charge in [0.25, 0.3) is 0 Å². The predicted octanol–water partition coefficient (Wildman–Crippen LogP) is 3.15. The lowest BCUT2D eigenvalue weighted by Gasteiger charge is -2.09. The van der Waals surface area contributed by atoms with Gasteiger partial charge in [0.1, 0.15) is 6.33 Å². The molecule has 0 radical (unpaired) electrons. The lowest BCUT2D eigenvalue weighted by molar-refractivity contribution is -0.116. The Morgan fingerprint density at radius 3 is 2.88 bits per heavy atom. The number of benzene rings is 2. The monoisotopic (exact) mass is 364 g/mol. The van der Waals surface area contributed by atoms with E-state index in [1.807, 2.05) is 49.4 Å². The number of hydrogen-bond donors (Lipinski definition) is 1. The van der Waals surface area contributed by atoms with E-state index in [0.717, 1.165) is 32.2 Å². The van der Waals surface area contributed by atoms with Crippen LogP contribution in [0.5, 0.6) is 0 Å². The molecule has 130 valence electrons. The van der Waals surface area contributed by atoms with Crippen molar-refractivity contribution in [3.63, 3.8) is 0 Å². The summed E-state index contributed by atoms with van der Waals surface area (Å²) in [4.78, 5) is 16.8. The van der Waals surface area contributed by atoms with E-state index < -0.39 is 0 Å². The smallest absolute Gasteiger partial charge is 0.224 e. The van der Waals surface area contributed by atoms with E-state index in [1.165, 1.54) is 0 Å². The molecule has 0 unspecified atom stereocenters. The number of rotatable bonds is 5. The number of nitrogens with zero attached hydrogens (tertiary/aromatic N) is 5. The first-order chi connectivity index (χ1) is 12.7. The highest BCUT2D eigenvalue weighted by Crippen LogP contribution is 2.23. The van der Waals surface area contributed by atoms with Gasteiger partial charge in [0.2, 0.25) is 5.91 Å². The van der Waals surface area contributed by atoms with Crippen LogP contribution in [0.25, 0.3) is 15.9 Å². The van der Waals surface area contributed by atoms with Crippen molar-refractivity contribution in [1.29, 1.82) is 0 Å². The van der Waals surface area contributed by atoms with E-state index in [4.69, 9.17) is 0 Å². The number of tetrazole rings is 1. The minimum absolute atomic E-state index is 0.0289. The quantitative estimate of drug-likeness (QED) is 0.588. The standard InChI is InChI=1S/C18H16N6OS/c1-12-10-13(6-7-15(12)24-11-19-22-23-24)20-17(25)8-9-18-21-14-4-2-3-5-16(14)26-18/h2-7,10-11H,8-9H2,1H3,(H,20,25). The van der Waals surface area contributed by atoms with Gasteiger partial charge < -0.3 is 5.32 Å². The fraction of sp³-hybridized carbons (Fsp3) is 0.167. The molecule has 0 saturated carbocycles. The van der Waals surface area contributed by atoms with Crippen molar-refractivity contribution in [3.8, 4) is 5.69 Å². The van der Waals surface area contributed by atoms with Crippen LogP contribution in [-0.4, -0.2) is 31.1 Å². The van der Waals surface area contributed by atoms with Gasteiger partial charge in [0.15, 0.2) is 0 Å². The number of aromatic nitrogens is 5. The van der Waals surface area contributed by atoms with E-state index in [9.17, 15) is 4.79 Å². The van der Waals surface area contributed by atoms with E-state index in [1.54, 1.807) is 22.3 Å². The SMILES string of the molecule is Cc1cc(NC(=O)CCc2nc3ccccc3s2)ccc1-n1cnnn1. The number of nitrogens with one attached hydrogen (secondary N) is 1. The molecule has 8 heteroatoms. The van der Waals surface area contributed by atoms with Gasteiger partial charge in [-0.3, -0.25) is 4.79 Å². The van der Waals surface area contributed by atoms with Crippen LogP contribution >= 0.6 is 11.3 Å². The summed E-state index contributed by atoms with van der Waals surface area (Å²) in [6.45, 7) is 1.95. The molecule has 1 N–H and O–H groups in total. The summed E-state index contributed by atoms with van der Waals surface area (Å²) < 4.78 is 2.74. The van der Waals surface area contributed by atoms with E-state index in [2.05, 4.69) is 25.8 Å². The molecule has 2 heterocycles. The molecule has 0 bridgehead atoms. The van der Waals surface area contributed by atoms with Crippen molar-refractivity contribution < 1.29 is 4.79 Å². The molecule has 7 nitrogen and oxygen atoms in total. The van der Waals surface area contributed by atoms with Gasteiger partial charge in [0.05, 0.1) is 20.9 Å². The van der Waals surface area contributed by atoms with Crippen LogP contribution in [0.4, 0.5) is 5.69 Å². The van der Waals surface area contributed by atoms with Gasteiger partial charge in [0, 0.05) is 18.5 Å². The number of amides is 1. The average Bonchev–Trinajstić information content (AvgIpc) is 3.29. The van der Waals surface area contributed by atoms with Crippen molar-refractivity contribution in [1.82, 2.24) is 25.2 Å². The van der Waals surface area contributed by atoms with Gasteiger partial charge in [-0.1, -0.05) is 12.1 Å². The number of para-hydroxylation sites is 1. The Balaban J connectivity index is 1.39. The third kappa shape index (κ3) is 3.45. The molecule has 0 atom stereocenters. The van der Waals surface area contributed by atoms with Crippen LogP contribution in [0.1, 0.15) is 17.0 Å². The normalized spacial score (nSPS) is 11.0. The second-order valence-corrected chi connectivity index (χ2v) is 6.99. The number of fused-ring (bicyclic) bond motifs is 1. The van der Waals surface area contributed by atoms with E-state index in [0.29, 0.717) is 12.8 Å². The maximum atomic E-state index is 12.3. The summed E-state index contributed by atoms with van der Waals surface area (Å²) in [5.74, 6) is -0.0289. The summed E-state index contributed by atoms with van der Waals surface area (Å²) in [6, 6.07) is 13.6. The summed E-state index contributed by atoms with van der Waals surface area (Å²) in [5, 5.41) is 15.1. The Morgan fingerprint density at radius 2 is 2.12 bits per heavy atom. The second-order valence-electron chi connectivity index (χ2n) is 5.88.